The number of nitrogens with zero attached hydrogens (tertiary/aromatic N) is 4. The Morgan fingerprint density at radius 1 is 0.230 bits per heavy atom. The van der Waals surface area contributed by atoms with Gasteiger partial charge in [0.05, 0.1) is 33.5 Å². The van der Waals surface area contributed by atoms with Crippen LogP contribution in [0.15, 0.2) is 255 Å². The highest BCUT2D eigenvalue weighted by molar-refractivity contribution is 6.17. The van der Waals surface area contributed by atoms with Crippen LogP contribution in [0.3, 0.4) is 0 Å². The van der Waals surface area contributed by atoms with E-state index in [-0.39, 0.29) is 0 Å². The lowest BCUT2D eigenvalue weighted by molar-refractivity contribution is 0.997. The Labute approximate surface area is 425 Å². The van der Waals surface area contributed by atoms with Gasteiger partial charge in [-0.2, -0.15) is 0 Å². The van der Waals surface area contributed by atoms with Gasteiger partial charge < -0.3 is 4.57 Å². The summed E-state index contributed by atoms with van der Waals surface area (Å²) in [6, 6.07) is 93.0. The van der Waals surface area contributed by atoms with Gasteiger partial charge in [0.1, 0.15) is 0 Å². The predicted octanol–water partition coefficient (Wildman–Crippen LogP) is 18.6. The average molecular weight is 939 g/mol. The number of rotatable bonds is 5. The first-order valence-corrected chi connectivity index (χ1v) is 25.4. The SMILES string of the molecule is c1ccc2c(c1)ccc1ccc(-n3c4ccccc4c4cc(-c5ccc6c(c5)c5ccccc5n6-c5nc(-c6cc7ccccc7c7ccccc67)cc(-c6cc7ccccc7c7ccccc67)n5)ccc43)cc12. The second-order valence-corrected chi connectivity index (χ2v) is 19.7. The van der Waals surface area contributed by atoms with E-state index in [1.807, 2.05) is 0 Å². The number of fused-ring (bicyclic) bond motifs is 15. The Balaban J connectivity index is 0.903. The molecule has 0 fully saturated rings. The van der Waals surface area contributed by atoms with Gasteiger partial charge in [-0.25, -0.2) is 9.97 Å². The van der Waals surface area contributed by atoms with Gasteiger partial charge in [0.25, 0.3) is 0 Å². The third-order valence-electron chi connectivity index (χ3n) is 15.7. The van der Waals surface area contributed by atoms with Crippen molar-refractivity contribution in [1.82, 2.24) is 19.1 Å². The maximum atomic E-state index is 5.62. The lowest BCUT2D eigenvalue weighted by Gasteiger charge is -2.16. The van der Waals surface area contributed by atoms with Gasteiger partial charge in [0.15, 0.2) is 0 Å². The summed E-state index contributed by atoms with van der Waals surface area (Å²) in [5, 5.41) is 19.3. The molecule has 13 aromatic carbocycles. The van der Waals surface area contributed by atoms with Crippen LogP contribution in [-0.4, -0.2) is 19.1 Å². The molecule has 0 spiro atoms. The fourth-order valence-electron chi connectivity index (χ4n) is 12.3. The largest absolute Gasteiger partial charge is 0.309 e. The summed E-state index contributed by atoms with van der Waals surface area (Å²) in [5.74, 6) is 0.627. The molecule has 0 saturated carbocycles. The van der Waals surface area contributed by atoms with E-state index < -0.39 is 0 Å². The van der Waals surface area contributed by atoms with Crippen molar-refractivity contribution >= 4 is 108 Å². The summed E-state index contributed by atoms with van der Waals surface area (Å²) in [5.41, 5.74) is 11.8. The molecule has 3 heterocycles. The van der Waals surface area contributed by atoms with E-state index in [1.165, 1.54) is 75.7 Å². The van der Waals surface area contributed by atoms with E-state index >= 15 is 0 Å². The molecule has 0 atom stereocenters. The standard InChI is InChI=1S/C70H42N4/c1-4-18-50-43(15-1)29-30-44-31-34-49(41-59(44)50)73-66-27-13-11-25-57(66)62-37-45(32-35-68(62)73)46-33-36-69-63(38-46)58-26-12-14-28-67(58)74(69)70-71-64(60-39-47-16-2-5-19-51(47)53-21-7-9-23-55(53)60)42-65(72-70)61-40-48-17-3-6-20-52(48)54-22-8-10-24-56(54)61/h1-42H. The molecule has 0 aliphatic heterocycles. The lowest BCUT2D eigenvalue weighted by atomic mass is 9.93. The van der Waals surface area contributed by atoms with Crippen molar-refractivity contribution in [3.8, 4) is 45.3 Å². The molecule has 0 N–H and O–H groups in total. The third-order valence-corrected chi connectivity index (χ3v) is 15.7. The first kappa shape index (κ1) is 40.8. The Bertz CT molecular complexity index is 4900. The van der Waals surface area contributed by atoms with Crippen molar-refractivity contribution in [3.05, 3.63) is 255 Å². The van der Waals surface area contributed by atoms with Crippen LogP contribution >= 0.6 is 0 Å². The van der Waals surface area contributed by atoms with Crippen molar-refractivity contribution in [2.45, 2.75) is 0 Å². The Hall–Kier alpha value is -9.90. The van der Waals surface area contributed by atoms with Crippen LogP contribution in [0.5, 0.6) is 0 Å². The molecule has 0 radical (unpaired) electrons. The predicted molar refractivity (Wildman–Crippen MR) is 312 cm³/mol. The van der Waals surface area contributed by atoms with E-state index in [0.29, 0.717) is 5.95 Å². The fourth-order valence-corrected chi connectivity index (χ4v) is 12.3. The molecular formula is C70H42N4. The van der Waals surface area contributed by atoms with Crippen molar-refractivity contribution in [3.63, 3.8) is 0 Å². The molecule has 0 saturated heterocycles. The zero-order valence-electron chi connectivity index (χ0n) is 40.0. The zero-order chi connectivity index (χ0) is 48.4. The van der Waals surface area contributed by atoms with Crippen molar-refractivity contribution in [2.75, 3.05) is 0 Å². The second kappa shape index (κ2) is 15.8. The van der Waals surface area contributed by atoms with Crippen molar-refractivity contribution in [2.24, 2.45) is 0 Å². The van der Waals surface area contributed by atoms with Crippen molar-refractivity contribution < 1.29 is 0 Å². The van der Waals surface area contributed by atoms with Gasteiger partial charge in [-0.05, 0) is 142 Å². The fraction of sp³-hybridized carbons (Fsp3) is 0. The van der Waals surface area contributed by atoms with E-state index in [0.717, 1.165) is 71.9 Å². The summed E-state index contributed by atoms with van der Waals surface area (Å²) in [6.45, 7) is 0. The van der Waals surface area contributed by atoms with Gasteiger partial charge in [0, 0.05) is 38.4 Å². The highest BCUT2D eigenvalue weighted by atomic mass is 15.2. The van der Waals surface area contributed by atoms with E-state index in [1.54, 1.807) is 0 Å². The van der Waals surface area contributed by atoms with Crippen LogP contribution in [0.25, 0.3) is 154 Å². The maximum absolute atomic E-state index is 5.62. The number of hydrogen-bond donors (Lipinski definition) is 0. The molecule has 4 nitrogen and oxygen atoms in total. The van der Waals surface area contributed by atoms with Gasteiger partial charge >= 0.3 is 0 Å². The summed E-state index contributed by atoms with van der Waals surface area (Å²) in [7, 11) is 0. The number of hydrogen-bond acceptors (Lipinski definition) is 2. The summed E-state index contributed by atoms with van der Waals surface area (Å²) < 4.78 is 4.70. The highest BCUT2D eigenvalue weighted by Gasteiger charge is 2.21. The quantitative estimate of drug-likeness (QED) is 0.161. The lowest BCUT2D eigenvalue weighted by Crippen LogP contribution is -2.04. The maximum Gasteiger partial charge on any atom is 0.235 e. The van der Waals surface area contributed by atoms with Crippen LogP contribution in [-0.2, 0) is 0 Å². The minimum atomic E-state index is 0.627. The minimum absolute atomic E-state index is 0.627. The number of para-hydroxylation sites is 2. The normalized spacial score (nSPS) is 12.1. The molecule has 0 aliphatic carbocycles. The Morgan fingerprint density at radius 2 is 0.622 bits per heavy atom. The van der Waals surface area contributed by atoms with Gasteiger partial charge in [-0.1, -0.05) is 188 Å². The summed E-state index contributed by atoms with van der Waals surface area (Å²) in [4.78, 5) is 11.2. The first-order chi connectivity index (χ1) is 36.7. The molecular weight excluding hydrogens is 897 g/mol. The van der Waals surface area contributed by atoms with Gasteiger partial charge in [-0.15, -0.1) is 0 Å². The van der Waals surface area contributed by atoms with E-state index in [9.17, 15) is 0 Å². The Morgan fingerprint density at radius 3 is 1.18 bits per heavy atom. The van der Waals surface area contributed by atoms with E-state index in [2.05, 4.69) is 264 Å². The molecule has 0 bridgehead atoms. The molecule has 4 heteroatoms. The van der Waals surface area contributed by atoms with Crippen LogP contribution in [0, 0.1) is 0 Å². The summed E-state index contributed by atoms with van der Waals surface area (Å²) in [6.07, 6.45) is 0. The van der Waals surface area contributed by atoms with Crippen molar-refractivity contribution in [1.29, 1.82) is 0 Å². The van der Waals surface area contributed by atoms with Crippen LogP contribution in [0.4, 0.5) is 0 Å². The van der Waals surface area contributed by atoms with Crippen LogP contribution < -0.4 is 0 Å². The highest BCUT2D eigenvalue weighted by Crippen LogP contribution is 2.42. The first-order valence-electron chi connectivity index (χ1n) is 25.4. The van der Waals surface area contributed by atoms with Gasteiger partial charge in [-0.3, -0.25) is 4.57 Å². The molecule has 74 heavy (non-hydrogen) atoms. The summed E-state index contributed by atoms with van der Waals surface area (Å²) >= 11 is 0. The van der Waals surface area contributed by atoms with Crippen LogP contribution in [0.2, 0.25) is 0 Å². The molecule has 342 valence electrons. The number of aromatic nitrogens is 4. The number of benzene rings is 13. The Kier molecular flexibility index (Phi) is 8.71. The molecule has 16 aromatic rings. The molecule has 0 unspecified atom stereocenters. The topological polar surface area (TPSA) is 35.6 Å². The minimum Gasteiger partial charge on any atom is -0.309 e. The third kappa shape index (κ3) is 6.09. The molecule has 16 rings (SSSR count). The van der Waals surface area contributed by atoms with Crippen LogP contribution in [0.1, 0.15) is 0 Å². The van der Waals surface area contributed by atoms with Gasteiger partial charge in [0.2, 0.25) is 5.95 Å². The van der Waals surface area contributed by atoms with E-state index in [4.69, 9.17) is 9.97 Å². The average Bonchev–Trinajstić information content (AvgIpc) is 3.99. The molecule has 0 amide bonds. The molecule has 3 aromatic heterocycles. The smallest absolute Gasteiger partial charge is 0.235 e. The zero-order valence-corrected chi connectivity index (χ0v) is 40.0. The monoisotopic (exact) mass is 938 g/mol. The molecule has 0 aliphatic rings. The second-order valence-electron chi connectivity index (χ2n) is 19.7.